The van der Waals surface area contributed by atoms with Gasteiger partial charge in [-0.3, -0.25) is 5.32 Å². The summed E-state index contributed by atoms with van der Waals surface area (Å²) in [6.07, 6.45) is -0.300. The molecule has 1 atom stereocenters. The number of anilines is 1. The maximum Gasteiger partial charge on any atom is 0.321 e. The van der Waals surface area contributed by atoms with Crippen LogP contribution < -0.4 is 10.6 Å². The first-order chi connectivity index (χ1) is 10.1. The molecule has 0 aliphatic rings. The summed E-state index contributed by atoms with van der Waals surface area (Å²) >= 11 is 1.33. The molecule has 0 aliphatic heterocycles. The summed E-state index contributed by atoms with van der Waals surface area (Å²) in [6, 6.07) is 5.43. The molecule has 0 bridgehead atoms. The fourth-order valence-electron chi connectivity index (χ4n) is 1.71. The molecular formula is C14H16FN3O2S. The first-order valence-electron chi connectivity index (χ1n) is 6.52. The lowest BCUT2D eigenvalue weighted by molar-refractivity contribution is 0.170. The lowest BCUT2D eigenvalue weighted by atomic mass is 10.1. The highest BCUT2D eigenvalue weighted by molar-refractivity contribution is 7.13. The molecule has 7 heteroatoms. The minimum Gasteiger partial charge on any atom is -0.386 e. The largest absolute Gasteiger partial charge is 0.386 e. The zero-order valence-corrected chi connectivity index (χ0v) is 12.3. The topological polar surface area (TPSA) is 74.2 Å². The first-order valence-corrected chi connectivity index (χ1v) is 7.40. The Labute approximate surface area is 125 Å². The molecule has 1 heterocycles. The Hall–Kier alpha value is -1.99. The number of aliphatic hydroxyl groups excluding tert-OH is 1. The Kier molecular flexibility index (Phi) is 5.24. The Morgan fingerprint density at radius 1 is 1.48 bits per heavy atom. The van der Waals surface area contributed by atoms with Crippen molar-refractivity contribution >= 4 is 22.5 Å². The van der Waals surface area contributed by atoms with Crippen LogP contribution in [-0.2, 0) is 6.42 Å². The molecule has 5 nitrogen and oxygen atoms in total. The number of carbonyl (C=O) groups is 1. The fourth-order valence-corrected chi connectivity index (χ4v) is 2.50. The third kappa shape index (κ3) is 4.24. The van der Waals surface area contributed by atoms with Crippen LogP contribution in [0.25, 0.3) is 0 Å². The van der Waals surface area contributed by atoms with Crippen molar-refractivity contribution in [2.24, 2.45) is 0 Å². The van der Waals surface area contributed by atoms with Crippen LogP contribution in [0.4, 0.5) is 14.3 Å². The molecule has 1 aromatic heterocycles. The van der Waals surface area contributed by atoms with Crippen molar-refractivity contribution in [3.63, 3.8) is 0 Å². The van der Waals surface area contributed by atoms with E-state index in [1.165, 1.54) is 23.5 Å². The summed E-state index contributed by atoms with van der Waals surface area (Å²) in [5.41, 5.74) is 1.06. The second-order valence-corrected chi connectivity index (χ2v) is 5.23. The van der Waals surface area contributed by atoms with Gasteiger partial charge in [-0.05, 0) is 12.5 Å². The van der Waals surface area contributed by atoms with Gasteiger partial charge in [0.15, 0.2) is 5.13 Å². The quantitative estimate of drug-likeness (QED) is 0.795. The Bertz CT molecular complexity index is 618. The molecule has 0 saturated heterocycles. The maximum atomic E-state index is 13.5. The first kappa shape index (κ1) is 15.4. The van der Waals surface area contributed by atoms with Gasteiger partial charge in [0.05, 0.1) is 11.8 Å². The predicted octanol–water partition coefficient (Wildman–Crippen LogP) is 2.70. The van der Waals surface area contributed by atoms with E-state index in [1.54, 1.807) is 12.1 Å². The van der Waals surface area contributed by atoms with E-state index in [9.17, 15) is 14.3 Å². The van der Waals surface area contributed by atoms with Crippen molar-refractivity contribution in [1.82, 2.24) is 10.3 Å². The van der Waals surface area contributed by atoms with Gasteiger partial charge < -0.3 is 10.4 Å². The number of carbonyl (C=O) groups excluding carboxylic acids is 1. The number of nitrogens with one attached hydrogen (secondary N) is 2. The average molecular weight is 309 g/mol. The number of hydrogen-bond acceptors (Lipinski definition) is 4. The van der Waals surface area contributed by atoms with E-state index in [1.807, 2.05) is 12.3 Å². The fraction of sp³-hybridized carbons (Fsp3) is 0.286. The number of aliphatic hydroxyl groups is 1. The number of benzene rings is 1. The van der Waals surface area contributed by atoms with Gasteiger partial charge in [-0.2, -0.15) is 0 Å². The lowest BCUT2D eigenvalue weighted by Crippen LogP contribution is -2.32. The summed E-state index contributed by atoms with van der Waals surface area (Å²) in [5.74, 6) is -0.500. The highest BCUT2D eigenvalue weighted by Gasteiger charge is 2.13. The van der Waals surface area contributed by atoms with Gasteiger partial charge in [0.2, 0.25) is 0 Å². The van der Waals surface area contributed by atoms with Crippen molar-refractivity contribution in [3.8, 4) is 0 Å². The van der Waals surface area contributed by atoms with Crippen LogP contribution in [0.15, 0.2) is 29.6 Å². The molecule has 0 fully saturated rings. The molecule has 112 valence electrons. The van der Waals surface area contributed by atoms with Gasteiger partial charge in [-0.15, -0.1) is 11.3 Å². The number of aryl methyl sites for hydroxylation is 1. The highest BCUT2D eigenvalue weighted by Crippen LogP contribution is 2.17. The summed E-state index contributed by atoms with van der Waals surface area (Å²) < 4.78 is 13.5. The van der Waals surface area contributed by atoms with Gasteiger partial charge in [0.1, 0.15) is 5.82 Å². The molecule has 0 radical (unpaired) electrons. The number of thiazole rings is 1. The van der Waals surface area contributed by atoms with Crippen LogP contribution in [0, 0.1) is 5.82 Å². The summed E-state index contributed by atoms with van der Waals surface area (Å²) in [7, 11) is 0. The van der Waals surface area contributed by atoms with Gasteiger partial charge in [0, 0.05) is 17.5 Å². The zero-order chi connectivity index (χ0) is 15.2. The smallest absolute Gasteiger partial charge is 0.321 e. The molecule has 0 aliphatic carbocycles. The second-order valence-electron chi connectivity index (χ2n) is 4.37. The van der Waals surface area contributed by atoms with Gasteiger partial charge in [0.25, 0.3) is 0 Å². The second kappa shape index (κ2) is 7.14. The number of amides is 2. The normalized spacial score (nSPS) is 12.0. The van der Waals surface area contributed by atoms with Gasteiger partial charge in [-0.25, -0.2) is 14.2 Å². The summed E-state index contributed by atoms with van der Waals surface area (Å²) in [6.45, 7) is 1.89. The predicted molar refractivity (Wildman–Crippen MR) is 79.9 cm³/mol. The van der Waals surface area contributed by atoms with Crippen LogP contribution in [0.2, 0.25) is 0 Å². The molecule has 2 aromatic rings. The molecule has 21 heavy (non-hydrogen) atoms. The van der Waals surface area contributed by atoms with Gasteiger partial charge >= 0.3 is 6.03 Å². The molecule has 2 amide bonds. The number of urea groups is 1. The standard InChI is InChI=1S/C14H16FN3O2S/c1-2-9-8-21-14(17-9)18-13(20)16-7-12(19)10-5-3-4-6-11(10)15/h3-6,8,12,19H,2,7H2,1H3,(H2,16,17,18,20)/t12-/m0/s1. The van der Waals surface area contributed by atoms with Crippen molar-refractivity contribution in [1.29, 1.82) is 0 Å². The van der Waals surface area contributed by atoms with Crippen molar-refractivity contribution < 1.29 is 14.3 Å². The van der Waals surface area contributed by atoms with E-state index in [0.717, 1.165) is 12.1 Å². The molecule has 3 N–H and O–H groups in total. The summed E-state index contributed by atoms with van der Waals surface area (Å²) in [4.78, 5) is 15.9. The zero-order valence-electron chi connectivity index (χ0n) is 11.5. The van der Waals surface area contributed by atoms with Crippen LogP contribution in [0.5, 0.6) is 0 Å². The van der Waals surface area contributed by atoms with Crippen LogP contribution in [0.1, 0.15) is 24.3 Å². The third-order valence-corrected chi connectivity index (χ3v) is 3.66. The van der Waals surface area contributed by atoms with Crippen molar-refractivity contribution in [2.45, 2.75) is 19.4 Å². The average Bonchev–Trinajstić information content (AvgIpc) is 2.93. The van der Waals surface area contributed by atoms with E-state index in [-0.39, 0.29) is 12.1 Å². The van der Waals surface area contributed by atoms with Gasteiger partial charge in [-0.1, -0.05) is 25.1 Å². The lowest BCUT2D eigenvalue weighted by Gasteiger charge is -2.12. The minimum atomic E-state index is -1.10. The molecule has 1 aromatic carbocycles. The van der Waals surface area contributed by atoms with Crippen LogP contribution in [0.3, 0.4) is 0 Å². The number of rotatable bonds is 5. The van der Waals surface area contributed by atoms with E-state index in [2.05, 4.69) is 15.6 Å². The van der Waals surface area contributed by atoms with E-state index in [0.29, 0.717) is 5.13 Å². The highest BCUT2D eigenvalue weighted by atomic mass is 32.1. The number of halogens is 1. The number of hydrogen-bond donors (Lipinski definition) is 3. The monoisotopic (exact) mass is 309 g/mol. The van der Waals surface area contributed by atoms with Crippen molar-refractivity contribution in [3.05, 3.63) is 46.7 Å². The number of nitrogens with zero attached hydrogens (tertiary/aromatic N) is 1. The third-order valence-electron chi connectivity index (χ3n) is 2.85. The summed E-state index contributed by atoms with van der Waals surface area (Å²) in [5, 5.41) is 17.3. The molecule has 0 saturated carbocycles. The van der Waals surface area contributed by atoms with E-state index in [4.69, 9.17) is 0 Å². The van der Waals surface area contributed by atoms with Crippen LogP contribution in [-0.4, -0.2) is 22.7 Å². The van der Waals surface area contributed by atoms with E-state index >= 15 is 0 Å². The molecule has 0 spiro atoms. The maximum absolute atomic E-state index is 13.5. The Balaban J connectivity index is 1.85. The molecular weight excluding hydrogens is 293 g/mol. The molecule has 0 unspecified atom stereocenters. The Morgan fingerprint density at radius 2 is 2.24 bits per heavy atom. The van der Waals surface area contributed by atoms with Crippen LogP contribution >= 0.6 is 11.3 Å². The van der Waals surface area contributed by atoms with Crippen molar-refractivity contribution in [2.75, 3.05) is 11.9 Å². The van der Waals surface area contributed by atoms with E-state index < -0.39 is 18.0 Å². The SMILES string of the molecule is CCc1csc(NC(=O)NC[C@H](O)c2ccccc2F)n1. The Morgan fingerprint density at radius 3 is 2.90 bits per heavy atom. The minimum absolute atomic E-state index is 0.0845. The molecule has 2 rings (SSSR count). The number of aromatic nitrogens is 1.